The Kier molecular flexibility index (Phi) is 3.66. The first-order chi connectivity index (χ1) is 8.61. The summed E-state index contributed by atoms with van der Waals surface area (Å²) in [5, 5.41) is 0. The summed E-state index contributed by atoms with van der Waals surface area (Å²) in [6, 6.07) is 1.87. The van der Waals surface area contributed by atoms with E-state index in [9.17, 15) is 4.79 Å². The Morgan fingerprint density at radius 3 is 3.11 bits per heavy atom. The first-order valence-corrected chi connectivity index (χ1v) is 5.78. The predicted molar refractivity (Wildman–Crippen MR) is 67.4 cm³/mol. The van der Waals surface area contributed by atoms with E-state index in [-0.39, 0.29) is 5.97 Å². The molecule has 18 heavy (non-hydrogen) atoms. The van der Waals surface area contributed by atoms with Gasteiger partial charge >= 0.3 is 5.97 Å². The third-order valence-corrected chi connectivity index (χ3v) is 2.86. The van der Waals surface area contributed by atoms with E-state index >= 15 is 0 Å². The number of hydrogen-bond donors (Lipinski definition) is 1. The molecule has 0 saturated carbocycles. The molecule has 1 fully saturated rings. The van der Waals surface area contributed by atoms with Crippen LogP contribution < -0.4 is 10.6 Å². The van der Waals surface area contributed by atoms with Crippen LogP contribution in [0.3, 0.4) is 0 Å². The lowest BCUT2D eigenvalue weighted by Gasteiger charge is -2.32. The number of nitrogens with two attached hydrogens (primary N) is 1. The average molecular weight is 251 g/mol. The number of anilines is 2. The SMILES string of the molecule is COC(=O)C1CN(c2ncc(C)cc2N)CCO1. The normalized spacial score (nSPS) is 19.7. The topological polar surface area (TPSA) is 77.7 Å². The highest BCUT2D eigenvalue weighted by atomic mass is 16.6. The molecule has 2 N–H and O–H groups in total. The molecule has 6 nitrogen and oxygen atoms in total. The molecule has 6 heteroatoms. The summed E-state index contributed by atoms with van der Waals surface area (Å²) < 4.78 is 10.0. The quantitative estimate of drug-likeness (QED) is 0.764. The van der Waals surface area contributed by atoms with E-state index in [0.29, 0.717) is 31.2 Å². The van der Waals surface area contributed by atoms with Crippen molar-refractivity contribution >= 4 is 17.5 Å². The van der Waals surface area contributed by atoms with Gasteiger partial charge in [-0.2, -0.15) is 0 Å². The summed E-state index contributed by atoms with van der Waals surface area (Å²) in [7, 11) is 1.35. The first-order valence-electron chi connectivity index (χ1n) is 5.78. The van der Waals surface area contributed by atoms with Crippen LogP contribution in [-0.4, -0.2) is 43.9 Å². The highest BCUT2D eigenvalue weighted by molar-refractivity contribution is 5.76. The van der Waals surface area contributed by atoms with Crippen LogP contribution in [0.25, 0.3) is 0 Å². The van der Waals surface area contributed by atoms with Gasteiger partial charge in [0.15, 0.2) is 11.9 Å². The Bertz CT molecular complexity index is 450. The second-order valence-corrected chi connectivity index (χ2v) is 4.25. The van der Waals surface area contributed by atoms with Crippen LogP contribution in [0.15, 0.2) is 12.3 Å². The van der Waals surface area contributed by atoms with E-state index in [2.05, 4.69) is 9.72 Å². The number of pyridine rings is 1. The molecule has 98 valence electrons. The molecule has 0 radical (unpaired) electrons. The largest absolute Gasteiger partial charge is 0.467 e. The summed E-state index contributed by atoms with van der Waals surface area (Å²) >= 11 is 0. The summed E-state index contributed by atoms with van der Waals surface area (Å²) in [5.74, 6) is 0.322. The lowest BCUT2D eigenvalue weighted by Crippen LogP contribution is -2.47. The number of hydrogen-bond acceptors (Lipinski definition) is 6. The van der Waals surface area contributed by atoms with Crippen molar-refractivity contribution in [2.45, 2.75) is 13.0 Å². The number of rotatable bonds is 2. The molecule has 0 aliphatic carbocycles. The number of morpholine rings is 1. The number of aromatic nitrogens is 1. The Labute approximate surface area is 106 Å². The predicted octanol–water partition coefficient (Wildman–Crippen LogP) is 0.350. The molecular weight excluding hydrogens is 234 g/mol. The zero-order chi connectivity index (χ0) is 13.1. The van der Waals surface area contributed by atoms with Crippen molar-refractivity contribution in [1.82, 2.24) is 4.98 Å². The van der Waals surface area contributed by atoms with Gasteiger partial charge in [-0.3, -0.25) is 0 Å². The molecule has 1 unspecified atom stereocenters. The Balaban J connectivity index is 2.15. The van der Waals surface area contributed by atoms with Crippen LogP contribution in [-0.2, 0) is 14.3 Å². The Morgan fingerprint density at radius 2 is 2.44 bits per heavy atom. The summed E-state index contributed by atoms with van der Waals surface area (Å²) in [6.45, 7) is 3.46. The lowest BCUT2D eigenvalue weighted by molar-refractivity contribution is -0.154. The molecule has 1 saturated heterocycles. The van der Waals surface area contributed by atoms with Crippen molar-refractivity contribution in [3.63, 3.8) is 0 Å². The highest BCUT2D eigenvalue weighted by Gasteiger charge is 2.28. The molecule has 0 aromatic carbocycles. The van der Waals surface area contributed by atoms with Crippen molar-refractivity contribution in [1.29, 1.82) is 0 Å². The van der Waals surface area contributed by atoms with Crippen LogP contribution in [0.5, 0.6) is 0 Å². The van der Waals surface area contributed by atoms with Gasteiger partial charge < -0.3 is 20.1 Å². The van der Waals surface area contributed by atoms with Crippen molar-refractivity contribution in [2.24, 2.45) is 0 Å². The summed E-state index contributed by atoms with van der Waals surface area (Å²) in [5.41, 5.74) is 7.57. The van der Waals surface area contributed by atoms with Gasteiger partial charge in [0, 0.05) is 12.7 Å². The van der Waals surface area contributed by atoms with Crippen molar-refractivity contribution < 1.29 is 14.3 Å². The van der Waals surface area contributed by atoms with E-state index in [1.165, 1.54) is 7.11 Å². The molecule has 1 aromatic rings. The molecule has 1 atom stereocenters. The fraction of sp³-hybridized carbons (Fsp3) is 0.500. The first kappa shape index (κ1) is 12.6. The van der Waals surface area contributed by atoms with E-state index < -0.39 is 6.10 Å². The Hall–Kier alpha value is -1.82. The van der Waals surface area contributed by atoms with Crippen LogP contribution in [0, 0.1) is 6.92 Å². The van der Waals surface area contributed by atoms with Gasteiger partial charge in [0.25, 0.3) is 0 Å². The Morgan fingerprint density at radius 1 is 1.67 bits per heavy atom. The number of aryl methyl sites for hydroxylation is 1. The van der Waals surface area contributed by atoms with Crippen LogP contribution in [0.2, 0.25) is 0 Å². The van der Waals surface area contributed by atoms with E-state index in [0.717, 1.165) is 5.56 Å². The number of carbonyl (C=O) groups excluding carboxylic acids is 1. The van der Waals surface area contributed by atoms with E-state index in [1.54, 1.807) is 6.20 Å². The maximum absolute atomic E-state index is 11.5. The fourth-order valence-electron chi connectivity index (χ4n) is 1.96. The zero-order valence-electron chi connectivity index (χ0n) is 10.5. The molecule has 1 aromatic heterocycles. The minimum absolute atomic E-state index is 0.370. The summed E-state index contributed by atoms with van der Waals surface area (Å²) in [4.78, 5) is 17.7. The second kappa shape index (κ2) is 5.22. The van der Waals surface area contributed by atoms with Gasteiger partial charge in [0.1, 0.15) is 0 Å². The minimum atomic E-state index is -0.578. The third-order valence-electron chi connectivity index (χ3n) is 2.86. The standard InChI is InChI=1S/C12H17N3O3/c1-8-5-9(13)11(14-6-8)15-3-4-18-10(7-15)12(16)17-2/h5-6,10H,3-4,7,13H2,1-2H3. The third kappa shape index (κ3) is 2.53. The molecule has 1 aliphatic heterocycles. The van der Waals surface area contributed by atoms with E-state index in [4.69, 9.17) is 10.5 Å². The molecule has 1 aliphatic rings. The fourth-order valence-corrected chi connectivity index (χ4v) is 1.96. The number of carbonyl (C=O) groups is 1. The molecule has 0 bridgehead atoms. The second-order valence-electron chi connectivity index (χ2n) is 4.25. The minimum Gasteiger partial charge on any atom is -0.467 e. The van der Waals surface area contributed by atoms with Crippen LogP contribution in [0.1, 0.15) is 5.56 Å². The molecule has 0 amide bonds. The number of nitrogens with zero attached hydrogens (tertiary/aromatic N) is 2. The molecule has 0 spiro atoms. The van der Waals surface area contributed by atoms with Crippen molar-refractivity contribution in [2.75, 3.05) is 37.4 Å². The van der Waals surface area contributed by atoms with Gasteiger partial charge in [-0.1, -0.05) is 0 Å². The smallest absolute Gasteiger partial charge is 0.336 e. The molecular formula is C12H17N3O3. The molecule has 2 rings (SSSR count). The zero-order valence-corrected chi connectivity index (χ0v) is 10.5. The number of methoxy groups -OCH3 is 1. The highest BCUT2D eigenvalue weighted by Crippen LogP contribution is 2.23. The van der Waals surface area contributed by atoms with Gasteiger partial charge in [-0.15, -0.1) is 0 Å². The maximum atomic E-state index is 11.5. The molecule has 2 heterocycles. The van der Waals surface area contributed by atoms with Crippen LogP contribution in [0.4, 0.5) is 11.5 Å². The monoisotopic (exact) mass is 251 g/mol. The van der Waals surface area contributed by atoms with Crippen molar-refractivity contribution in [3.05, 3.63) is 17.8 Å². The number of nitrogen functional groups attached to an aromatic ring is 1. The maximum Gasteiger partial charge on any atom is 0.336 e. The average Bonchev–Trinajstić information content (AvgIpc) is 2.38. The van der Waals surface area contributed by atoms with Gasteiger partial charge in [-0.05, 0) is 18.6 Å². The lowest BCUT2D eigenvalue weighted by atomic mass is 10.2. The van der Waals surface area contributed by atoms with Crippen molar-refractivity contribution in [3.8, 4) is 0 Å². The number of ether oxygens (including phenoxy) is 2. The van der Waals surface area contributed by atoms with Gasteiger partial charge in [0.2, 0.25) is 0 Å². The summed E-state index contributed by atoms with van der Waals surface area (Å²) in [6.07, 6.45) is 1.18. The van der Waals surface area contributed by atoms with Gasteiger partial charge in [-0.25, -0.2) is 9.78 Å². The van der Waals surface area contributed by atoms with Gasteiger partial charge in [0.05, 0.1) is 25.9 Å². The van der Waals surface area contributed by atoms with E-state index in [1.807, 2.05) is 17.9 Å². The number of esters is 1. The van der Waals surface area contributed by atoms with Crippen LogP contribution >= 0.6 is 0 Å².